The highest BCUT2D eigenvalue weighted by molar-refractivity contribution is 5.33. The van der Waals surface area contributed by atoms with Crippen LogP contribution >= 0.6 is 0 Å². The minimum atomic E-state index is -0.405. The van der Waals surface area contributed by atoms with Crippen molar-refractivity contribution >= 4 is 0 Å². The molecule has 3 nitrogen and oxygen atoms in total. The van der Waals surface area contributed by atoms with E-state index < -0.39 is 6.10 Å². The Bertz CT molecular complexity index is 536. The Hall–Kier alpha value is -1.61. The number of rotatable bonds is 4. The predicted octanol–water partition coefficient (Wildman–Crippen LogP) is 2.74. The van der Waals surface area contributed by atoms with Gasteiger partial charge in [-0.15, -0.1) is 0 Å². The number of fused-ring (bicyclic) bond motifs is 1. The van der Waals surface area contributed by atoms with Gasteiger partial charge in [-0.05, 0) is 36.3 Å². The third-order valence-electron chi connectivity index (χ3n) is 3.98. The third-order valence-corrected chi connectivity index (χ3v) is 3.98. The van der Waals surface area contributed by atoms with Gasteiger partial charge in [0.15, 0.2) is 0 Å². The molecule has 0 fully saturated rings. The molecule has 1 aliphatic rings. The molecule has 0 amide bonds. The average molecular weight is 256 g/mol. The molecule has 1 unspecified atom stereocenters. The molecule has 0 saturated carbocycles. The second-order valence-corrected chi connectivity index (χ2v) is 5.42. The minimum absolute atomic E-state index is 0.289. The molecule has 0 spiro atoms. The highest BCUT2D eigenvalue weighted by Crippen LogP contribution is 2.34. The van der Waals surface area contributed by atoms with Crippen LogP contribution in [-0.2, 0) is 19.4 Å². The lowest BCUT2D eigenvalue weighted by atomic mass is 9.95. The second-order valence-electron chi connectivity index (χ2n) is 5.42. The van der Waals surface area contributed by atoms with Crippen molar-refractivity contribution in [1.29, 1.82) is 0 Å². The molecular weight excluding hydrogens is 236 g/mol. The van der Waals surface area contributed by atoms with E-state index in [1.165, 1.54) is 11.1 Å². The number of aromatic nitrogens is 2. The lowest BCUT2D eigenvalue weighted by Gasteiger charge is -2.15. The monoisotopic (exact) mass is 256 g/mol. The van der Waals surface area contributed by atoms with E-state index in [4.69, 9.17) is 0 Å². The van der Waals surface area contributed by atoms with Gasteiger partial charge < -0.3 is 5.11 Å². The Kier molecular flexibility index (Phi) is 3.38. The van der Waals surface area contributed by atoms with Crippen molar-refractivity contribution in [2.75, 3.05) is 0 Å². The van der Waals surface area contributed by atoms with Crippen LogP contribution in [0.2, 0.25) is 0 Å². The SMILES string of the molecule is CCCn1cc(C(O)C2Cc3ccccc3C2)cn1. The summed E-state index contributed by atoms with van der Waals surface area (Å²) in [6, 6.07) is 8.49. The predicted molar refractivity (Wildman–Crippen MR) is 74.8 cm³/mol. The zero-order valence-electron chi connectivity index (χ0n) is 11.3. The van der Waals surface area contributed by atoms with Crippen molar-refractivity contribution in [1.82, 2.24) is 9.78 Å². The van der Waals surface area contributed by atoms with Gasteiger partial charge >= 0.3 is 0 Å². The van der Waals surface area contributed by atoms with Crippen molar-refractivity contribution < 1.29 is 5.11 Å². The third kappa shape index (κ3) is 2.43. The van der Waals surface area contributed by atoms with Gasteiger partial charge in [-0.25, -0.2) is 0 Å². The maximum atomic E-state index is 10.5. The Morgan fingerprint density at radius 3 is 2.63 bits per heavy atom. The summed E-state index contributed by atoms with van der Waals surface area (Å²) < 4.78 is 1.92. The van der Waals surface area contributed by atoms with E-state index >= 15 is 0 Å². The molecule has 100 valence electrons. The number of aryl methyl sites for hydroxylation is 1. The summed E-state index contributed by atoms with van der Waals surface area (Å²) in [5.74, 6) is 0.289. The second kappa shape index (κ2) is 5.17. The van der Waals surface area contributed by atoms with Gasteiger partial charge in [0.25, 0.3) is 0 Å². The van der Waals surface area contributed by atoms with E-state index in [2.05, 4.69) is 36.3 Å². The van der Waals surface area contributed by atoms with Gasteiger partial charge in [0.2, 0.25) is 0 Å². The average Bonchev–Trinajstić information content (AvgIpc) is 3.04. The Morgan fingerprint density at radius 1 is 1.32 bits per heavy atom. The summed E-state index contributed by atoms with van der Waals surface area (Å²) in [7, 11) is 0. The van der Waals surface area contributed by atoms with Gasteiger partial charge in [-0.2, -0.15) is 5.10 Å². The fourth-order valence-corrected chi connectivity index (χ4v) is 2.97. The molecule has 1 aromatic carbocycles. The number of aliphatic hydroxyl groups excluding tert-OH is 1. The molecule has 0 bridgehead atoms. The fraction of sp³-hybridized carbons (Fsp3) is 0.438. The number of nitrogens with zero attached hydrogens (tertiary/aromatic N) is 2. The summed E-state index contributed by atoms with van der Waals surface area (Å²) in [6.45, 7) is 3.04. The van der Waals surface area contributed by atoms with E-state index in [0.717, 1.165) is 31.4 Å². The van der Waals surface area contributed by atoms with Gasteiger partial charge in [0.05, 0.1) is 12.3 Å². The van der Waals surface area contributed by atoms with Crippen LogP contribution in [0.4, 0.5) is 0 Å². The van der Waals surface area contributed by atoms with Crippen LogP contribution in [0.3, 0.4) is 0 Å². The lowest BCUT2D eigenvalue weighted by Crippen LogP contribution is -2.12. The molecule has 1 N–H and O–H groups in total. The zero-order valence-corrected chi connectivity index (χ0v) is 11.3. The van der Waals surface area contributed by atoms with Crippen LogP contribution in [0, 0.1) is 5.92 Å². The van der Waals surface area contributed by atoms with Crippen molar-refractivity contribution in [3.05, 3.63) is 53.3 Å². The van der Waals surface area contributed by atoms with Crippen LogP contribution in [0.15, 0.2) is 36.7 Å². The quantitative estimate of drug-likeness (QED) is 0.913. The number of hydrogen-bond acceptors (Lipinski definition) is 2. The van der Waals surface area contributed by atoms with Crippen LogP contribution < -0.4 is 0 Å². The molecular formula is C16H20N2O. The summed E-state index contributed by atoms with van der Waals surface area (Å²) in [4.78, 5) is 0. The number of benzene rings is 1. The van der Waals surface area contributed by atoms with Crippen LogP contribution in [0.25, 0.3) is 0 Å². The van der Waals surface area contributed by atoms with Crippen molar-refractivity contribution in [3.63, 3.8) is 0 Å². The van der Waals surface area contributed by atoms with Gasteiger partial charge in [0, 0.05) is 18.3 Å². The standard InChI is InChI=1S/C16H20N2O/c1-2-7-18-11-15(10-17-18)16(19)14-8-12-5-3-4-6-13(12)9-14/h3-6,10-11,14,16,19H,2,7-9H2,1H3. The van der Waals surface area contributed by atoms with E-state index in [0.29, 0.717) is 0 Å². The Labute approximate surface area is 113 Å². The normalized spacial score (nSPS) is 16.5. The first-order valence-electron chi connectivity index (χ1n) is 7.05. The molecule has 0 aliphatic heterocycles. The van der Waals surface area contributed by atoms with Gasteiger partial charge in [0.1, 0.15) is 0 Å². The molecule has 1 aromatic heterocycles. The molecule has 1 heterocycles. The van der Waals surface area contributed by atoms with Gasteiger partial charge in [-0.3, -0.25) is 4.68 Å². The summed E-state index contributed by atoms with van der Waals surface area (Å²) in [5.41, 5.74) is 3.71. The first-order chi connectivity index (χ1) is 9.28. The first-order valence-corrected chi connectivity index (χ1v) is 7.05. The van der Waals surface area contributed by atoms with Crippen LogP contribution in [0.5, 0.6) is 0 Å². The molecule has 1 aliphatic carbocycles. The van der Waals surface area contributed by atoms with E-state index in [-0.39, 0.29) is 5.92 Å². The minimum Gasteiger partial charge on any atom is -0.388 e. The first kappa shape index (κ1) is 12.4. The molecule has 3 heteroatoms. The topological polar surface area (TPSA) is 38.0 Å². The highest BCUT2D eigenvalue weighted by Gasteiger charge is 2.28. The van der Waals surface area contributed by atoms with Crippen molar-refractivity contribution in [3.8, 4) is 0 Å². The lowest BCUT2D eigenvalue weighted by molar-refractivity contribution is 0.113. The molecule has 0 saturated heterocycles. The molecule has 19 heavy (non-hydrogen) atoms. The van der Waals surface area contributed by atoms with Crippen molar-refractivity contribution in [2.45, 2.75) is 38.8 Å². The summed E-state index contributed by atoms with van der Waals surface area (Å²) in [5, 5.41) is 14.8. The highest BCUT2D eigenvalue weighted by atomic mass is 16.3. The summed E-state index contributed by atoms with van der Waals surface area (Å²) >= 11 is 0. The largest absolute Gasteiger partial charge is 0.388 e. The maximum Gasteiger partial charge on any atom is 0.0855 e. The Balaban J connectivity index is 1.73. The zero-order chi connectivity index (χ0) is 13.2. The molecule has 1 atom stereocenters. The van der Waals surface area contributed by atoms with Crippen molar-refractivity contribution in [2.24, 2.45) is 5.92 Å². The summed E-state index contributed by atoms with van der Waals surface area (Å²) in [6.07, 6.45) is 6.39. The van der Waals surface area contributed by atoms with E-state index in [9.17, 15) is 5.11 Å². The molecule has 0 radical (unpaired) electrons. The van der Waals surface area contributed by atoms with Crippen LogP contribution in [0.1, 0.15) is 36.1 Å². The van der Waals surface area contributed by atoms with E-state index in [1.807, 2.05) is 17.1 Å². The number of hydrogen-bond donors (Lipinski definition) is 1. The molecule has 3 rings (SSSR count). The van der Waals surface area contributed by atoms with E-state index in [1.54, 1.807) is 0 Å². The maximum absolute atomic E-state index is 10.5. The van der Waals surface area contributed by atoms with Crippen LogP contribution in [-0.4, -0.2) is 14.9 Å². The molecule has 2 aromatic rings. The van der Waals surface area contributed by atoms with Gasteiger partial charge in [-0.1, -0.05) is 31.2 Å². The smallest absolute Gasteiger partial charge is 0.0855 e. The fourth-order valence-electron chi connectivity index (χ4n) is 2.97. The Morgan fingerprint density at radius 2 is 2.00 bits per heavy atom. The number of aliphatic hydroxyl groups is 1.